The minimum Gasteiger partial charge on any atom is -0.462 e. The molecule has 0 spiro atoms. The lowest BCUT2D eigenvalue weighted by molar-refractivity contribution is -0.115. The Morgan fingerprint density at radius 2 is 1.83 bits per heavy atom. The van der Waals surface area contributed by atoms with Crippen LogP contribution in [-0.2, 0) is 9.53 Å². The first kappa shape index (κ1) is 22.6. The van der Waals surface area contributed by atoms with Gasteiger partial charge in [0.15, 0.2) is 0 Å². The number of hydrogen-bond acceptors (Lipinski definition) is 6. The number of esters is 1. The first-order chi connectivity index (χ1) is 13.8. The standard InChI is InChI=1S/C21H27N3O4S/c1-6-28-21(27)17-13(2)18(20(26)24(4)5)29-19(17)23-16(25)12-22-14(3)15-10-8-7-9-11-15/h7-11,14,22H,6,12H2,1-5H3,(H,23,25)/t14-/m1/s1. The number of ether oxygens (including phenoxy) is 1. The minimum absolute atomic E-state index is 0.0116. The maximum absolute atomic E-state index is 12.5. The van der Waals surface area contributed by atoms with Crippen LogP contribution >= 0.6 is 11.3 Å². The first-order valence-corrected chi connectivity index (χ1v) is 10.2. The molecule has 2 N–H and O–H groups in total. The molecule has 0 saturated carbocycles. The van der Waals surface area contributed by atoms with Crippen LogP contribution in [0.4, 0.5) is 5.00 Å². The van der Waals surface area contributed by atoms with Gasteiger partial charge in [0, 0.05) is 20.1 Å². The molecular weight excluding hydrogens is 390 g/mol. The maximum Gasteiger partial charge on any atom is 0.341 e. The molecule has 2 aromatic rings. The third-order valence-corrected chi connectivity index (χ3v) is 5.54. The molecule has 1 aromatic carbocycles. The van der Waals surface area contributed by atoms with Gasteiger partial charge < -0.3 is 20.3 Å². The SMILES string of the molecule is CCOC(=O)c1c(NC(=O)CN[C@H](C)c2ccccc2)sc(C(=O)N(C)C)c1C. The summed E-state index contributed by atoms with van der Waals surface area (Å²) in [7, 11) is 3.28. The molecule has 156 valence electrons. The fraction of sp³-hybridized carbons (Fsp3) is 0.381. The Morgan fingerprint density at radius 3 is 2.41 bits per heavy atom. The largest absolute Gasteiger partial charge is 0.462 e. The zero-order valence-electron chi connectivity index (χ0n) is 17.4. The van der Waals surface area contributed by atoms with Crippen molar-refractivity contribution in [2.75, 3.05) is 32.6 Å². The fourth-order valence-electron chi connectivity index (χ4n) is 2.73. The highest BCUT2D eigenvalue weighted by molar-refractivity contribution is 7.18. The number of rotatable bonds is 8. The molecule has 7 nitrogen and oxygen atoms in total. The van der Waals surface area contributed by atoms with Gasteiger partial charge in [-0.25, -0.2) is 4.79 Å². The summed E-state index contributed by atoms with van der Waals surface area (Å²) in [5.74, 6) is -1.09. The van der Waals surface area contributed by atoms with Gasteiger partial charge in [0.25, 0.3) is 5.91 Å². The van der Waals surface area contributed by atoms with Gasteiger partial charge in [-0.05, 0) is 31.9 Å². The number of nitrogens with one attached hydrogen (secondary N) is 2. The maximum atomic E-state index is 12.5. The summed E-state index contributed by atoms with van der Waals surface area (Å²) in [5.41, 5.74) is 1.80. The average molecular weight is 418 g/mol. The van der Waals surface area contributed by atoms with Crippen molar-refractivity contribution in [1.82, 2.24) is 10.2 Å². The zero-order chi connectivity index (χ0) is 21.6. The first-order valence-electron chi connectivity index (χ1n) is 9.36. The summed E-state index contributed by atoms with van der Waals surface area (Å²) in [5, 5.41) is 6.24. The van der Waals surface area contributed by atoms with E-state index in [0.717, 1.165) is 16.9 Å². The normalized spacial score (nSPS) is 11.6. The van der Waals surface area contributed by atoms with Crippen molar-refractivity contribution >= 4 is 34.1 Å². The molecular formula is C21H27N3O4S. The average Bonchev–Trinajstić information content (AvgIpc) is 3.01. The predicted molar refractivity (Wildman–Crippen MR) is 115 cm³/mol. The van der Waals surface area contributed by atoms with E-state index in [4.69, 9.17) is 4.74 Å². The Hall–Kier alpha value is -2.71. The number of carbonyl (C=O) groups is 3. The van der Waals surface area contributed by atoms with Gasteiger partial charge in [-0.2, -0.15) is 0 Å². The van der Waals surface area contributed by atoms with E-state index in [1.165, 1.54) is 4.90 Å². The quantitative estimate of drug-likeness (QED) is 0.644. The number of thiophene rings is 1. The van der Waals surface area contributed by atoms with Crippen LogP contribution in [0.25, 0.3) is 0 Å². The third-order valence-electron chi connectivity index (χ3n) is 4.35. The Bertz CT molecular complexity index is 878. The van der Waals surface area contributed by atoms with Gasteiger partial charge in [0.1, 0.15) is 5.00 Å². The van der Waals surface area contributed by atoms with E-state index in [2.05, 4.69) is 10.6 Å². The number of carbonyl (C=O) groups excluding carboxylic acids is 3. The molecule has 0 bridgehead atoms. The minimum atomic E-state index is -0.556. The predicted octanol–water partition coefficient (Wildman–Crippen LogP) is 3.22. The molecule has 0 radical (unpaired) electrons. The second kappa shape index (κ2) is 10.2. The monoisotopic (exact) mass is 417 g/mol. The summed E-state index contributed by atoms with van der Waals surface area (Å²) >= 11 is 1.08. The van der Waals surface area contributed by atoms with E-state index in [-0.39, 0.29) is 36.6 Å². The van der Waals surface area contributed by atoms with Crippen molar-refractivity contribution in [2.45, 2.75) is 26.8 Å². The van der Waals surface area contributed by atoms with Gasteiger partial charge in [0.2, 0.25) is 5.91 Å². The van der Waals surface area contributed by atoms with Gasteiger partial charge in [-0.15, -0.1) is 11.3 Å². The lowest BCUT2D eigenvalue weighted by Crippen LogP contribution is -2.30. The van der Waals surface area contributed by atoms with Crippen molar-refractivity contribution in [3.63, 3.8) is 0 Å². The molecule has 2 rings (SSSR count). The second-order valence-electron chi connectivity index (χ2n) is 6.74. The van der Waals surface area contributed by atoms with Crippen LogP contribution in [0.2, 0.25) is 0 Å². The van der Waals surface area contributed by atoms with Gasteiger partial charge >= 0.3 is 5.97 Å². The van der Waals surface area contributed by atoms with Crippen LogP contribution in [0.15, 0.2) is 30.3 Å². The third kappa shape index (κ3) is 5.65. The highest BCUT2D eigenvalue weighted by atomic mass is 32.1. The molecule has 0 aliphatic rings. The van der Waals surface area contributed by atoms with Crippen LogP contribution in [0.3, 0.4) is 0 Å². The Balaban J connectivity index is 2.17. The van der Waals surface area contributed by atoms with Gasteiger partial charge in [-0.3, -0.25) is 9.59 Å². The molecule has 8 heteroatoms. The van der Waals surface area contributed by atoms with Crippen LogP contribution in [0.5, 0.6) is 0 Å². The van der Waals surface area contributed by atoms with Crippen molar-refractivity contribution in [3.05, 3.63) is 51.9 Å². The lowest BCUT2D eigenvalue weighted by atomic mass is 10.1. The van der Waals surface area contributed by atoms with Crippen LogP contribution in [-0.4, -0.2) is 49.9 Å². The van der Waals surface area contributed by atoms with E-state index in [1.54, 1.807) is 27.9 Å². The smallest absolute Gasteiger partial charge is 0.341 e. The molecule has 0 aliphatic carbocycles. The number of amides is 2. The van der Waals surface area contributed by atoms with Crippen LogP contribution in [0, 0.1) is 6.92 Å². The molecule has 0 unspecified atom stereocenters. The molecule has 1 heterocycles. The molecule has 2 amide bonds. The molecule has 0 aliphatic heterocycles. The summed E-state index contributed by atoms with van der Waals surface area (Å²) in [6.45, 7) is 5.63. The highest BCUT2D eigenvalue weighted by Crippen LogP contribution is 2.34. The Labute approximate surface area is 175 Å². The van der Waals surface area contributed by atoms with Crippen molar-refractivity contribution in [2.24, 2.45) is 0 Å². The van der Waals surface area contributed by atoms with Crippen LogP contribution < -0.4 is 10.6 Å². The second-order valence-corrected chi connectivity index (χ2v) is 7.76. The summed E-state index contributed by atoms with van der Waals surface area (Å²) in [6.07, 6.45) is 0. The van der Waals surface area contributed by atoms with Crippen molar-refractivity contribution in [3.8, 4) is 0 Å². The summed E-state index contributed by atoms with van der Waals surface area (Å²) < 4.78 is 5.12. The molecule has 1 atom stereocenters. The van der Waals surface area contributed by atoms with E-state index in [9.17, 15) is 14.4 Å². The summed E-state index contributed by atoms with van der Waals surface area (Å²) in [6, 6.07) is 9.77. The zero-order valence-corrected chi connectivity index (χ0v) is 18.2. The van der Waals surface area contributed by atoms with E-state index < -0.39 is 5.97 Å². The van der Waals surface area contributed by atoms with Crippen LogP contribution in [0.1, 0.15) is 51.0 Å². The van der Waals surface area contributed by atoms with E-state index in [1.807, 2.05) is 37.3 Å². The topological polar surface area (TPSA) is 87.7 Å². The number of benzene rings is 1. The number of nitrogens with zero attached hydrogens (tertiary/aromatic N) is 1. The number of anilines is 1. The Kier molecular flexibility index (Phi) is 7.92. The molecule has 0 fully saturated rings. The molecule has 29 heavy (non-hydrogen) atoms. The van der Waals surface area contributed by atoms with E-state index >= 15 is 0 Å². The van der Waals surface area contributed by atoms with Crippen molar-refractivity contribution < 1.29 is 19.1 Å². The Morgan fingerprint density at radius 1 is 1.17 bits per heavy atom. The summed E-state index contributed by atoms with van der Waals surface area (Å²) in [4.78, 5) is 39.2. The van der Waals surface area contributed by atoms with Crippen molar-refractivity contribution in [1.29, 1.82) is 0 Å². The molecule has 1 aromatic heterocycles. The van der Waals surface area contributed by atoms with Gasteiger partial charge in [-0.1, -0.05) is 30.3 Å². The lowest BCUT2D eigenvalue weighted by Gasteiger charge is -2.14. The highest BCUT2D eigenvalue weighted by Gasteiger charge is 2.27. The van der Waals surface area contributed by atoms with E-state index in [0.29, 0.717) is 15.4 Å². The van der Waals surface area contributed by atoms with Gasteiger partial charge in [0.05, 0.1) is 23.6 Å². The number of hydrogen-bond donors (Lipinski definition) is 2. The fourth-order valence-corrected chi connectivity index (χ4v) is 3.97. The molecule has 0 saturated heterocycles.